The van der Waals surface area contributed by atoms with E-state index in [1.807, 2.05) is 0 Å². The van der Waals surface area contributed by atoms with Crippen LogP contribution in [0, 0.1) is 5.92 Å². The lowest BCUT2D eigenvalue weighted by molar-refractivity contribution is 0.296. The van der Waals surface area contributed by atoms with Crippen molar-refractivity contribution in [3.8, 4) is 5.75 Å². The van der Waals surface area contributed by atoms with E-state index in [2.05, 4.69) is 46.9 Å². The molecule has 1 aromatic carbocycles. The molecule has 2 rings (SSSR count). The summed E-state index contributed by atoms with van der Waals surface area (Å²) >= 11 is 8.59. The molecule has 1 aromatic rings. The van der Waals surface area contributed by atoms with Gasteiger partial charge in [0.15, 0.2) is 0 Å². The van der Waals surface area contributed by atoms with Crippen molar-refractivity contribution in [1.29, 1.82) is 0 Å². The van der Waals surface area contributed by atoms with Gasteiger partial charge in [-0.15, -0.1) is 0 Å². The van der Waals surface area contributed by atoms with Gasteiger partial charge in [-0.3, -0.25) is 0 Å². The summed E-state index contributed by atoms with van der Waals surface area (Å²) in [7, 11) is 2.08. The highest BCUT2D eigenvalue weighted by Crippen LogP contribution is 2.33. The standard InChI is InChI=1S/C14H19BrN2OS/c1-9(14(16)19)7-17(2)8-11-6-12(15)5-10-3-4-18-13(10)11/h5-6,9H,3-4,7-8H2,1-2H3,(H2,16,19). The maximum atomic E-state index is 5.74. The van der Waals surface area contributed by atoms with Crippen LogP contribution in [-0.2, 0) is 13.0 Å². The van der Waals surface area contributed by atoms with Gasteiger partial charge in [0.25, 0.3) is 0 Å². The van der Waals surface area contributed by atoms with Gasteiger partial charge in [0.05, 0.1) is 11.6 Å². The molecule has 0 saturated carbocycles. The molecule has 0 bridgehead atoms. The Labute approximate surface area is 128 Å². The number of hydrogen-bond acceptors (Lipinski definition) is 3. The lowest BCUT2D eigenvalue weighted by atomic mass is 10.1. The average Bonchev–Trinajstić information content (AvgIpc) is 2.76. The van der Waals surface area contributed by atoms with Crippen LogP contribution >= 0.6 is 28.1 Å². The van der Waals surface area contributed by atoms with Crippen molar-refractivity contribution < 1.29 is 4.74 Å². The van der Waals surface area contributed by atoms with Crippen molar-refractivity contribution in [3.63, 3.8) is 0 Å². The third-order valence-electron chi connectivity index (χ3n) is 3.34. The Morgan fingerprint density at radius 3 is 3.00 bits per heavy atom. The van der Waals surface area contributed by atoms with Crippen LogP contribution in [0.1, 0.15) is 18.1 Å². The van der Waals surface area contributed by atoms with Crippen molar-refractivity contribution in [1.82, 2.24) is 4.90 Å². The maximum Gasteiger partial charge on any atom is 0.127 e. The van der Waals surface area contributed by atoms with Gasteiger partial charge in [-0.1, -0.05) is 35.1 Å². The summed E-state index contributed by atoms with van der Waals surface area (Å²) in [5.74, 6) is 1.28. The van der Waals surface area contributed by atoms with Crippen molar-refractivity contribution in [2.45, 2.75) is 19.9 Å². The molecule has 1 unspecified atom stereocenters. The van der Waals surface area contributed by atoms with E-state index in [-0.39, 0.29) is 5.92 Å². The molecule has 0 spiro atoms. The van der Waals surface area contributed by atoms with Gasteiger partial charge in [0.2, 0.25) is 0 Å². The molecule has 104 valence electrons. The van der Waals surface area contributed by atoms with Gasteiger partial charge in [0.1, 0.15) is 5.75 Å². The molecule has 2 N–H and O–H groups in total. The summed E-state index contributed by atoms with van der Waals surface area (Å²) in [5, 5.41) is 0. The molecule has 1 aliphatic rings. The lowest BCUT2D eigenvalue weighted by Gasteiger charge is -2.21. The molecule has 1 aliphatic heterocycles. The first-order valence-corrected chi connectivity index (χ1v) is 7.59. The summed E-state index contributed by atoms with van der Waals surface area (Å²) in [5.41, 5.74) is 8.18. The van der Waals surface area contributed by atoms with Gasteiger partial charge in [0, 0.05) is 35.5 Å². The summed E-state index contributed by atoms with van der Waals surface area (Å²) in [6.07, 6.45) is 0.995. The van der Waals surface area contributed by atoms with E-state index in [0.717, 1.165) is 36.3 Å². The fraction of sp³-hybridized carbons (Fsp3) is 0.500. The van der Waals surface area contributed by atoms with Crippen molar-refractivity contribution in [2.75, 3.05) is 20.2 Å². The van der Waals surface area contributed by atoms with E-state index < -0.39 is 0 Å². The van der Waals surface area contributed by atoms with Gasteiger partial charge in [-0.25, -0.2) is 0 Å². The second-order valence-electron chi connectivity index (χ2n) is 5.15. The molecule has 3 nitrogen and oxygen atoms in total. The van der Waals surface area contributed by atoms with Gasteiger partial charge in [-0.05, 0) is 24.7 Å². The second-order valence-corrected chi connectivity index (χ2v) is 6.54. The first kappa shape index (κ1) is 14.8. The SMILES string of the molecule is CC(CN(C)Cc1cc(Br)cc2c1OCC2)C(N)=S. The predicted octanol–water partition coefficient (Wildman–Crippen LogP) is 2.74. The summed E-state index contributed by atoms with van der Waals surface area (Å²) in [4.78, 5) is 2.80. The zero-order valence-electron chi connectivity index (χ0n) is 11.3. The molecular formula is C14H19BrN2OS. The first-order chi connectivity index (χ1) is 8.97. The van der Waals surface area contributed by atoms with Crippen LogP contribution < -0.4 is 10.5 Å². The van der Waals surface area contributed by atoms with Crippen LogP contribution in [0.15, 0.2) is 16.6 Å². The number of fused-ring (bicyclic) bond motifs is 1. The number of nitrogens with zero attached hydrogens (tertiary/aromatic N) is 1. The van der Waals surface area contributed by atoms with E-state index in [1.54, 1.807) is 0 Å². The second kappa shape index (κ2) is 6.20. The van der Waals surface area contributed by atoms with Crippen molar-refractivity contribution in [3.05, 3.63) is 27.7 Å². The number of thiocarbonyl (C=S) groups is 1. The Balaban J connectivity index is 2.09. The molecular weight excluding hydrogens is 324 g/mol. The van der Waals surface area contributed by atoms with E-state index in [9.17, 15) is 0 Å². The minimum atomic E-state index is 0.223. The lowest BCUT2D eigenvalue weighted by Crippen LogP contribution is -2.31. The van der Waals surface area contributed by atoms with Crippen molar-refractivity contribution >= 4 is 33.1 Å². The van der Waals surface area contributed by atoms with Gasteiger partial charge < -0.3 is 15.4 Å². The molecule has 0 radical (unpaired) electrons. The van der Waals surface area contributed by atoms with E-state index in [0.29, 0.717) is 4.99 Å². The van der Waals surface area contributed by atoms with Crippen LogP contribution in [0.4, 0.5) is 0 Å². The van der Waals surface area contributed by atoms with E-state index in [1.165, 1.54) is 11.1 Å². The Bertz CT molecular complexity index is 493. The number of halogens is 1. The molecule has 0 saturated heterocycles. The Hall–Kier alpha value is -0.650. The Morgan fingerprint density at radius 2 is 2.32 bits per heavy atom. The summed E-state index contributed by atoms with van der Waals surface area (Å²) in [6, 6.07) is 4.27. The van der Waals surface area contributed by atoms with Gasteiger partial charge >= 0.3 is 0 Å². The molecule has 0 aliphatic carbocycles. The minimum Gasteiger partial charge on any atom is -0.493 e. The number of nitrogens with two attached hydrogens (primary N) is 1. The van der Waals surface area contributed by atoms with Crippen molar-refractivity contribution in [2.24, 2.45) is 11.7 Å². The minimum absolute atomic E-state index is 0.223. The fourth-order valence-electron chi connectivity index (χ4n) is 2.38. The number of rotatable bonds is 5. The molecule has 0 aromatic heterocycles. The Kier molecular flexibility index (Phi) is 4.81. The monoisotopic (exact) mass is 342 g/mol. The fourth-order valence-corrected chi connectivity index (χ4v) is 3.00. The molecule has 1 atom stereocenters. The summed E-state index contributed by atoms with van der Waals surface area (Å²) < 4.78 is 6.85. The van der Waals surface area contributed by atoms with E-state index in [4.69, 9.17) is 22.7 Å². The van der Waals surface area contributed by atoms with Crippen LogP contribution in [0.25, 0.3) is 0 Å². The molecule has 0 fully saturated rings. The van der Waals surface area contributed by atoms with E-state index >= 15 is 0 Å². The largest absolute Gasteiger partial charge is 0.493 e. The summed E-state index contributed by atoms with van der Waals surface area (Å²) in [6.45, 7) is 4.54. The number of hydrogen-bond donors (Lipinski definition) is 1. The molecule has 0 amide bonds. The third kappa shape index (κ3) is 3.68. The van der Waals surface area contributed by atoms with Crippen LogP contribution in [0.3, 0.4) is 0 Å². The molecule has 5 heteroatoms. The molecule has 1 heterocycles. The highest BCUT2D eigenvalue weighted by molar-refractivity contribution is 9.10. The third-order valence-corrected chi connectivity index (χ3v) is 4.20. The zero-order valence-corrected chi connectivity index (χ0v) is 13.7. The smallest absolute Gasteiger partial charge is 0.127 e. The maximum absolute atomic E-state index is 5.74. The average molecular weight is 343 g/mol. The molecule has 19 heavy (non-hydrogen) atoms. The number of ether oxygens (including phenoxy) is 1. The van der Waals surface area contributed by atoms with Crippen LogP contribution in [0.2, 0.25) is 0 Å². The highest BCUT2D eigenvalue weighted by Gasteiger charge is 2.19. The van der Waals surface area contributed by atoms with Crippen LogP contribution in [0.5, 0.6) is 5.75 Å². The topological polar surface area (TPSA) is 38.5 Å². The van der Waals surface area contributed by atoms with Crippen LogP contribution in [-0.4, -0.2) is 30.1 Å². The Morgan fingerprint density at radius 1 is 1.58 bits per heavy atom. The number of benzene rings is 1. The predicted molar refractivity (Wildman–Crippen MR) is 85.6 cm³/mol. The quantitative estimate of drug-likeness (QED) is 0.835. The zero-order chi connectivity index (χ0) is 14.0. The first-order valence-electron chi connectivity index (χ1n) is 6.39. The highest BCUT2D eigenvalue weighted by atomic mass is 79.9. The normalized spacial score (nSPS) is 15.2. The van der Waals surface area contributed by atoms with Gasteiger partial charge in [-0.2, -0.15) is 0 Å².